The van der Waals surface area contributed by atoms with Crippen LogP contribution in [0.5, 0.6) is 11.5 Å². The van der Waals surface area contributed by atoms with Crippen molar-refractivity contribution in [3.8, 4) is 11.5 Å². The van der Waals surface area contributed by atoms with Crippen LogP contribution in [-0.4, -0.2) is 58.9 Å². The van der Waals surface area contributed by atoms with E-state index in [1.807, 2.05) is 96.7 Å². The lowest BCUT2D eigenvalue weighted by Gasteiger charge is -2.36. The lowest BCUT2D eigenvalue weighted by molar-refractivity contribution is -0.136. The summed E-state index contributed by atoms with van der Waals surface area (Å²) in [5.74, 6) is -2.36. The summed E-state index contributed by atoms with van der Waals surface area (Å²) in [5, 5.41) is 3.77. The van der Waals surface area contributed by atoms with E-state index >= 15 is 0 Å². The number of fused-ring (bicyclic) bond motifs is 5. The van der Waals surface area contributed by atoms with Crippen molar-refractivity contribution in [2.24, 2.45) is 11.8 Å². The lowest BCUT2D eigenvalue weighted by atomic mass is 9.84. The fourth-order valence-corrected chi connectivity index (χ4v) is 8.23. The van der Waals surface area contributed by atoms with Gasteiger partial charge in [-0.1, -0.05) is 98.8 Å². The summed E-state index contributed by atoms with van der Waals surface area (Å²) in [6.45, 7) is 4.85. The molecule has 50 heavy (non-hydrogen) atoms. The number of rotatable bonds is 10. The van der Waals surface area contributed by atoms with Crippen LogP contribution in [0.3, 0.4) is 0 Å². The van der Waals surface area contributed by atoms with Gasteiger partial charge < -0.3 is 9.47 Å². The van der Waals surface area contributed by atoms with Gasteiger partial charge in [-0.3, -0.25) is 19.2 Å². The van der Waals surface area contributed by atoms with Crippen molar-refractivity contribution in [2.75, 3.05) is 23.0 Å². The lowest BCUT2D eigenvalue weighted by Crippen LogP contribution is -2.50. The van der Waals surface area contributed by atoms with Crippen LogP contribution in [-0.2, 0) is 19.2 Å². The van der Waals surface area contributed by atoms with Gasteiger partial charge in [0.05, 0.1) is 48.5 Å². The molecule has 4 aromatic rings. The normalized spacial score (nSPS) is 26.0. The van der Waals surface area contributed by atoms with Gasteiger partial charge in [-0.15, -0.1) is 0 Å². The third kappa shape index (κ3) is 4.77. The number of anilines is 2. The van der Waals surface area contributed by atoms with Gasteiger partial charge in [-0.2, -0.15) is 0 Å². The molecule has 4 aromatic carbocycles. The van der Waals surface area contributed by atoms with E-state index in [-0.39, 0.29) is 11.8 Å². The molecule has 0 aromatic heterocycles. The first kappa shape index (κ1) is 31.9. The number of para-hydroxylation sites is 4. The summed E-state index contributed by atoms with van der Waals surface area (Å²) < 4.78 is 12.0. The second-order valence-electron chi connectivity index (χ2n) is 13.1. The maximum atomic E-state index is 14.8. The van der Waals surface area contributed by atoms with Gasteiger partial charge in [0.25, 0.3) is 11.8 Å². The van der Waals surface area contributed by atoms with Gasteiger partial charge in [0.2, 0.25) is 11.8 Å². The maximum Gasteiger partial charge on any atom is 0.253 e. The topological polar surface area (TPSA) is 99.7 Å². The largest absolute Gasteiger partial charge is 0.491 e. The molecule has 4 amide bonds. The minimum Gasteiger partial charge on any atom is -0.491 e. The SMILES string of the molecule is CCCOc1ccccc1N1C(=O)[C@H]2[C@@H](C1=O)N1[C@@H](c3ccccc3)[C@H]3C(=O)N(c4ccccc4OCCC)C(=O)[C@@H]3N1[C@@H]2c1ccccc1. The molecule has 0 bridgehead atoms. The molecule has 10 heteroatoms. The molecule has 4 aliphatic rings. The van der Waals surface area contributed by atoms with Crippen molar-refractivity contribution in [1.29, 1.82) is 0 Å². The number of imide groups is 2. The van der Waals surface area contributed by atoms with Gasteiger partial charge in [0.1, 0.15) is 23.6 Å². The van der Waals surface area contributed by atoms with E-state index in [1.165, 1.54) is 9.80 Å². The Kier molecular flexibility index (Phi) is 8.20. The number of nitrogens with zero attached hydrogens (tertiary/aromatic N) is 4. The van der Waals surface area contributed by atoms with Gasteiger partial charge >= 0.3 is 0 Å². The summed E-state index contributed by atoms with van der Waals surface area (Å²) in [6, 6.07) is 29.9. The molecule has 0 spiro atoms. The van der Waals surface area contributed by atoms with Crippen molar-refractivity contribution in [3.63, 3.8) is 0 Å². The Morgan fingerprint density at radius 2 is 0.820 bits per heavy atom. The predicted molar refractivity (Wildman–Crippen MR) is 186 cm³/mol. The Bertz CT molecular complexity index is 1810. The molecule has 0 N–H and O–H groups in total. The fraction of sp³-hybridized carbons (Fsp3) is 0.300. The monoisotopic (exact) mass is 670 g/mol. The van der Waals surface area contributed by atoms with E-state index in [0.29, 0.717) is 36.1 Å². The molecule has 6 atom stereocenters. The highest BCUT2D eigenvalue weighted by Crippen LogP contribution is 2.60. The van der Waals surface area contributed by atoms with E-state index in [9.17, 15) is 19.2 Å². The summed E-state index contributed by atoms with van der Waals surface area (Å²) >= 11 is 0. The van der Waals surface area contributed by atoms with Crippen LogP contribution in [0.25, 0.3) is 0 Å². The number of carbonyl (C=O) groups excluding carboxylic acids is 4. The number of carbonyl (C=O) groups is 4. The smallest absolute Gasteiger partial charge is 0.253 e. The number of benzene rings is 4. The first-order valence-electron chi connectivity index (χ1n) is 17.3. The molecule has 4 fully saturated rings. The summed E-state index contributed by atoms with van der Waals surface area (Å²) in [6.07, 6.45) is 1.52. The molecule has 254 valence electrons. The van der Waals surface area contributed by atoms with Crippen LogP contribution >= 0.6 is 0 Å². The highest BCUT2D eigenvalue weighted by atomic mass is 16.5. The number of ether oxygens (including phenoxy) is 2. The standard InChI is InChI=1S/C40H38N4O6/c1-3-23-49-29-21-13-11-19-27(29)41-37(45)31-33(25-15-7-5-8-16-25)44-36-32(34(26-17-9-6-10-18-26)43(44)35(31)39(41)47)38(46)42(40(36)48)28-20-12-14-22-30(28)50-24-4-2/h5-22,31-36H,3-4,23-24H2,1-2H3/t31-,32-,33-,34+,35+,36-/m1/s1. The molecule has 0 unspecified atom stereocenters. The van der Waals surface area contributed by atoms with Crippen LogP contribution in [0.15, 0.2) is 109 Å². The van der Waals surface area contributed by atoms with Crippen LogP contribution in [0, 0.1) is 11.8 Å². The Morgan fingerprint density at radius 3 is 1.20 bits per heavy atom. The number of hydrazine groups is 1. The highest BCUT2D eigenvalue weighted by molar-refractivity contribution is 6.26. The Balaban J connectivity index is 1.29. The third-order valence-electron chi connectivity index (χ3n) is 10.1. The molecule has 4 saturated heterocycles. The van der Waals surface area contributed by atoms with E-state index in [0.717, 1.165) is 24.0 Å². The first-order valence-corrected chi connectivity index (χ1v) is 17.3. The van der Waals surface area contributed by atoms with Crippen molar-refractivity contribution < 1.29 is 28.7 Å². The summed E-state index contributed by atoms with van der Waals surface area (Å²) in [5.41, 5.74) is 2.34. The van der Waals surface area contributed by atoms with E-state index in [2.05, 4.69) is 0 Å². The van der Waals surface area contributed by atoms with E-state index in [4.69, 9.17) is 9.47 Å². The minimum absolute atomic E-state index is 0.369. The maximum absolute atomic E-state index is 14.8. The first-order chi connectivity index (χ1) is 24.5. The molecule has 0 aliphatic carbocycles. The highest BCUT2D eigenvalue weighted by Gasteiger charge is 2.73. The zero-order valence-corrected chi connectivity index (χ0v) is 27.9. The summed E-state index contributed by atoms with van der Waals surface area (Å²) in [7, 11) is 0. The van der Waals surface area contributed by atoms with Gasteiger partial charge in [-0.05, 0) is 48.2 Å². The Labute approximate surface area is 290 Å². The zero-order valence-electron chi connectivity index (χ0n) is 27.9. The van der Waals surface area contributed by atoms with Crippen LogP contribution < -0.4 is 19.3 Å². The number of hydrogen-bond acceptors (Lipinski definition) is 8. The zero-order chi connectivity index (χ0) is 34.5. The van der Waals surface area contributed by atoms with Gasteiger partial charge in [0.15, 0.2) is 0 Å². The van der Waals surface area contributed by atoms with Crippen LogP contribution in [0.2, 0.25) is 0 Å². The van der Waals surface area contributed by atoms with Gasteiger partial charge in [0, 0.05) is 0 Å². The molecular formula is C40H38N4O6. The second-order valence-corrected chi connectivity index (χ2v) is 13.1. The Hall–Kier alpha value is -5.32. The Morgan fingerprint density at radius 1 is 0.460 bits per heavy atom. The third-order valence-corrected chi connectivity index (χ3v) is 10.1. The quantitative estimate of drug-likeness (QED) is 0.198. The molecular weight excluding hydrogens is 632 g/mol. The van der Waals surface area contributed by atoms with Crippen molar-refractivity contribution in [2.45, 2.75) is 50.9 Å². The summed E-state index contributed by atoms with van der Waals surface area (Å²) in [4.78, 5) is 61.7. The van der Waals surface area contributed by atoms with Gasteiger partial charge in [-0.25, -0.2) is 19.8 Å². The molecule has 10 nitrogen and oxygen atoms in total. The van der Waals surface area contributed by atoms with E-state index in [1.54, 1.807) is 36.4 Å². The minimum atomic E-state index is -0.961. The number of hydrogen-bond donors (Lipinski definition) is 0. The number of amides is 4. The van der Waals surface area contributed by atoms with Crippen LogP contribution in [0.4, 0.5) is 11.4 Å². The fourth-order valence-electron chi connectivity index (χ4n) is 8.23. The van der Waals surface area contributed by atoms with Crippen molar-refractivity contribution in [1.82, 2.24) is 10.0 Å². The average Bonchev–Trinajstić information content (AvgIpc) is 3.82. The molecule has 4 aliphatic heterocycles. The molecule has 4 heterocycles. The molecule has 0 radical (unpaired) electrons. The van der Waals surface area contributed by atoms with Crippen molar-refractivity contribution in [3.05, 3.63) is 120 Å². The molecule has 0 saturated carbocycles. The second kappa shape index (κ2) is 12.9. The molecule has 8 rings (SSSR count). The predicted octanol–water partition coefficient (Wildman–Crippen LogP) is 5.71. The van der Waals surface area contributed by atoms with E-state index < -0.39 is 47.8 Å². The van der Waals surface area contributed by atoms with Crippen LogP contribution in [0.1, 0.15) is 49.9 Å². The van der Waals surface area contributed by atoms with Crippen molar-refractivity contribution >= 4 is 35.0 Å². The average molecular weight is 671 g/mol.